The number of phenolic OH excluding ortho intramolecular Hbond substituents is 1. The van der Waals surface area contributed by atoms with Gasteiger partial charge >= 0.3 is 0 Å². The van der Waals surface area contributed by atoms with Crippen LogP contribution in [0.5, 0.6) is 5.75 Å². The summed E-state index contributed by atoms with van der Waals surface area (Å²) in [6, 6.07) is 7.92. The second-order valence-electron chi connectivity index (χ2n) is 10.4. The molecule has 0 radical (unpaired) electrons. The number of carbonyl (C=O) groups is 1. The number of amides is 1. The van der Waals surface area contributed by atoms with Gasteiger partial charge in [-0.2, -0.15) is 0 Å². The van der Waals surface area contributed by atoms with Crippen LogP contribution < -0.4 is 11.1 Å². The Balaban J connectivity index is 1.67. The standard InChI is InChI=1S/C31H48N4O2/c1-3-5-20-34(21-9-8-18-32)31(37)24-35-23-25(11-10-13-29-26(4-2)17-19-33-29)22-28(35)16-15-27-12-6-7-14-30(27)36/h4,6-7,10-14,25,28,33,36H,3,5,8-9,15-24,32H2,1-2H3/b11-10+,26-4-,29-13+/t25?,28-/m0/s1. The number of hydrogen-bond acceptors (Lipinski definition) is 5. The van der Waals surface area contributed by atoms with Crippen LogP contribution in [0.3, 0.4) is 0 Å². The van der Waals surface area contributed by atoms with Crippen molar-refractivity contribution >= 4 is 5.91 Å². The van der Waals surface area contributed by atoms with Crippen LogP contribution in [0, 0.1) is 5.92 Å². The molecule has 37 heavy (non-hydrogen) atoms. The normalized spacial score (nSPS) is 22.4. The third kappa shape index (κ3) is 9.04. The number of phenols is 1. The zero-order chi connectivity index (χ0) is 26.5. The zero-order valence-corrected chi connectivity index (χ0v) is 23.0. The predicted molar refractivity (Wildman–Crippen MR) is 153 cm³/mol. The third-order valence-corrected chi connectivity index (χ3v) is 7.70. The maximum atomic E-state index is 13.4. The van der Waals surface area contributed by atoms with Crippen LogP contribution in [-0.2, 0) is 11.2 Å². The van der Waals surface area contributed by atoms with Gasteiger partial charge in [-0.25, -0.2) is 0 Å². The van der Waals surface area contributed by atoms with E-state index in [0.717, 1.165) is 83.1 Å². The number of benzene rings is 1. The largest absolute Gasteiger partial charge is 0.508 e. The van der Waals surface area contributed by atoms with Gasteiger partial charge in [-0.1, -0.05) is 49.8 Å². The molecule has 0 spiro atoms. The minimum Gasteiger partial charge on any atom is -0.508 e. The number of nitrogens with two attached hydrogens (primary N) is 1. The summed E-state index contributed by atoms with van der Waals surface area (Å²) in [6.45, 7) is 8.93. The van der Waals surface area contributed by atoms with Gasteiger partial charge in [-0.05, 0) is 87.6 Å². The average molecular weight is 509 g/mol. The molecule has 3 rings (SSSR count). The van der Waals surface area contributed by atoms with Crippen molar-refractivity contribution in [2.24, 2.45) is 11.7 Å². The Kier molecular flexibility index (Phi) is 12.2. The van der Waals surface area contributed by atoms with Crippen molar-refractivity contribution in [1.29, 1.82) is 0 Å². The number of nitrogens with one attached hydrogen (secondary N) is 1. The second kappa shape index (κ2) is 15.6. The number of aryl methyl sites for hydroxylation is 1. The molecule has 4 N–H and O–H groups in total. The van der Waals surface area contributed by atoms with Gasteiger partial charge in [-0.15, -0.1) is 0 Å². The highest BCUT2D eigenvalue weighted by Gasteiger charge is 2.32. The first-order valence-corrected chi connectivity index (χ1v) is 14.3. The van der Waals surface area contributed by atoms with E-state index in [4.69, 9.17) is 5.73 Å². The fraction of sp³-hybridized carbons (Fsp3) is 0.581. The maximum absolute atomic E-state index is 13.4. The van der Waals surface area contributed by atoms with Gasteiger partial charge in [0.05, 0.1) is 6.54 Å². The van der Waals surface area contributed by atoms with Gasteiger partial charge in [-0.3, -0.25) is 9.69 Å². The smallest absolute Gasteiger partial charge is 0.236 e. The molecular weight excluding hydrogens is 460 g/mol. The Morgan fingerprint density at radius 3 is 2.81 bits per heavy atom. The van der Waals surface area contributed by atoms with E-state index >= 15 is 0 Å². The summed E-state index contributed by atoms with van der Waals surface area (Å²) in [7, 11) is 0. The maximum Gasteiger partial charge on any atom is 0.236 e. The molecule has 0 aromatic heterocycles. The van der Waals surface area contributed by atoms with Crippen LogP contribution in [0.2, 0.25) is 0 Å². The molecule has 2 aliphatic heterocycles. The van der Waals surface area contributed by atoms with E-state index in [-0.39, 0.29) is 5.91 Å². The Morgan fingerprint density at radius 1 is 1.24 bits per heavy atom. The molecule has 2 aliphatic rings. The van der Waals surface area contributed by atoms with E-state index < -0.39 is 0 Å². The molecule has 6 heteroatoms. The van der Waals surface area contributed by atoms with Crippen molar-refractivity contribution in [2.45, 2.75) is 71.3 Å². The van der Waals surface area contributed by atoms with E-state index in [1.807, 2.05) is 18.2 Å². The van der Waals surface area contributed by atoms with Crippen LogP contribution in [0.25, 0.3) is 0 Å². The fourth-order valence-corrected chi connectivity index (χ4v) is 5.49. The Bertz CT molecular complexity index is 939. The first-order valence-electron chi connectivity index (χ1n) is 14.3. The zero-order valence-electron chi connectivity index (χ0n) is 23.0. The molecule has 2 fully saturated rings. The SMILES string of the molecule is C/C=C1/CCN/C1=C/C=C/C1C[C@H](CCc2ccccc2O)N(CC(=O)N(CCCC)CCCCN)C1. The average Bonchev–Trinajstić information content (AvgIpc) is 3.52. The number of carbonyl (C=O) groups excluding carboxylic acids is 1. The lowest BCUT2D eigenvalue weighted by Crippen LogP contribution is -2.43. The van der Waals surface area contributed by atoms with Crippen LogP contribution in [0.15, 0.2) is 59.8 Å². The minimum absolute atomic E-state index is 0.234. The molecule has 0 aliphatic carbocycles. The Labute approximate surface area is 224 Å². The van der Waals surface area contributed by atoms with Crippen molar-refractivity contribution in [3.8, 4) is 5.75 Å². The first kappa shape index (κ1) is 29.0. The molecule has 2 saturated heterocycles. The molecule has 1 unspecified atom stereocenters. The number of unbranched alkanes of at least 4 members (excludes halogenated alkanes) is 2. The van der Waals surface area contributed by atoms with Crippen molar-refractivity contribution in [3.05, 3.63) is 65.4 Å². The highest BCUT2D eigenvalue weighted by atomic mass is 16.3. The summed E-state index contributed by atoms with van der Waals surface area (Å²) < 4.78 is 0. The minimum atomic E-state index is 0.234. The molecule has 6 nitrogen and oxygen atoms in total. The number of para-hydroxylation sites is 1. The van der Waals surface area contributed by atoms with Gasteiger partial charge in [0.2, 0.25) is 5.91 Å². The van der Waals surface area contributed by atoms with E-state index in [9.17, 15) is 9.90 Å². The number of nitrogens with zero attached hydrogens (tertiary/aromatic N) is 2. The van der Waals surface area contributed by atoms with Gasteiger partial charge in [0.25, 0.3) is 0 Å². The van der Waals surface area contributed by atoms with Crippen molar-refractivity contribution < 1.29 is 9.90 Å². The topological polar surface area (TPSA) is 81.8 Å². The summed E-state index contributed by atoms with van der Waals surface area (Å²) in [6.07, 6.45) is 16.8. The quantitative estimate of drug-likeness (QED) is 0.316. The summed E-state index contributed by atoms with van der Waals surface area (Å²) in [5, 5.41) is 13.7. The molecule has 1 aromatic carbocycles. The molecule has 0 saturated carbocycles. The van der Waals surface area contributed by atoms with E-state index in [1.165, 1.54) is 11.3 Å². The summed E-state index contributed by atoms with van der Waals surface area (Å²) in [5.74, 6) is 1.01. The first-order chi connectivity index (χ1) is 18.0. The lowest BCUT2D eigenvalue weighted by atomic mass is 9.99. The summed E-state index contributed by atoms with van der Waals surface area (Å²) >= 11 is 0. The molecule has 204 valence electrons. The molecule has 0 bridgehead atoms. The van der Waals surface area contributed by atoms with Gasteiger partial charge in [0.1, 0.15) is 5.75 Å². The van der Waals surface area contributed by atoms with E-state index in [1.54, 1.807) is 6.07 Å². The van der Waals surface area contributed by atoms with Crippen molar-refractivity contribution in [3.63, 3.8) is 0 Å². The van der Waals surface area contributed by atoms with Crippen LogP contribution in [0.1, 0.15) is 64.4 Å². The van der Waals surface area contributed by atoms with Crippen LogP contribution in [0.4, 0.5) is 0 Å². The lowest BCUT2D eigenvalue weighted by Gasteiger charge is -2.29. The number of aromatic hydroxyl groups is 1. The number of hydrogen-bond donors (Lipinski definition) is 3. The predicted octanol–water partition coefficient (Wildman–Crippen LogP) is 4.76. The third-order valence-electron chi connectivity index (χ3n) is 7.70. The van der Waals surface area contributed by atoms with Gasteiger partial charge in [0.15, 0.2) is 0 Å². The lowest BCUT2D eigenvalue weighted by molar-refractivity contribution is -0.132. The highest BCUT2D eigenvalue weighted by Crippen LogP contribution is 2.29. The molecule has 1 aromatic rings. The Hall–Kier alpha value is -2.57. The van der Waals surface area contributed by atoms with Gasteiger partial charge < -0.3 is 21.1 Å². The fourth-order valence-electron chi connectivity index (χ4n) is 5.49. The van der Waals surface area contributed by atoms with Crippen molar-refractivity contribution in [2.75, 3.05) is 39.3 Å². The van der Waals surface area contributed by atoms with E-state index in [0.29, 0.717) is 30.8 Å². The monoisotopic (exact) mass is 508 g/mol. The number of allylic oxidation sites excluding steroid dienone is 4. The summed E-state index contributed by atoms with van der Waals surface area (Å²) in [5.41, 5.74) is 9.28. The number of likely N-dealkylation sites (tertiary alicyclic amines) is 1. The molecule has 2 heterocycles. The molecule has 2 atom stereocenters. The highest BCUT2D eigenvalue weighted by molar-refractivity contribution is 5.78. The van der Waals surface area contributed by atoms with Crippen molar-refractivity contribution in [1.82, 2.24) is 15.1 Å². The molecule has 1 amide bonds. The van der Waals surface area contributed by atoms with Gasteiger partial charge in [0, 0.05) is 37.9 Å². The second-order valence-corrected chi connectivity index (χ2v) is 10.4. The molecular formula is C31H48N4O2. The Morgan fingerprint density at radius 2 is 2.05 bits per heavy atom. The van der Waals surface area contributed by atoms with Crippen LogP contribution >= 0.6 is 0 Å². The number of rotatable bonds is 14. The summed E-state index contributed by atoms with van der Waals surface area (Å²) in [4.78, 5) is 17.8. The van der Waals surface area contributed by atoms with E-state index in [2.05, 4.69) is 53.3 Å². The van der Waals surface area contributed by atoms with Crippen LogP contribution in [-0.4, -0.2) is 66.1 Å².